The molecule has 0 aliphatic rings. The van der Waals surface area contributed by atoms with Crippen LogP contribution in [0.25, 0.3) is 0 Å². The Labute approximate surface area is 90.5 Å². The van der Waals surface area contributed by atoms with Crippen molar-refractivity contribution >= 4 is 5.97 Å². The fourth-order valence-corrected chi connectivity index (χ4v) is 1.11. The van der Waals surface area contributed by atoms with Gasteiger partial charge < -0.3 is 14.3 Å². The van der Waals surface area contributed by atoms with Crippen LogP contribution >= 0.6 is 0 Å². The minimum atomic E-state index is -1.18. The van der Waals surface area contributed by atoms with Crippen molar-refractivity contribution in [3.05, 3.63) is 42.2 Å². The van der Waals surface area contributed by atoms with Crippen LogP contribution in [0.5, 0.6) is 5.88 Å². The molecule has 2 rings (SSSR count). The summed E-state index contributed by atoms with van der Waals surface area (Å²) in [5.41, 5.74) is -0.214. The number of carboxylic acids is 1. The van der Waals surface area contributed by atoms with E-state index in [1.165, 1.54) is 18.7 Å². The third-order valence-corrected chi connectivity index (χ3v) is 1.80. The third-order valence-electron chi connectivity index (χ3n) is 1.80. The van der Waals surface area contributed by atoms with E-state index >= 15 is 0 Å². The van der Waals surface area contributed by atoms with E-state index in [-0.39, 0.29) is 18.2 Å². The standard InChI is InChI=1S/C10H8N2O4/c13-10(14)8-9(12-4-3-11-8)16-6-7-2-1-5-15-7/h1-5H,6H2,(H,13,14). The molecule has 0 aliphatic heterocycles. The molecule has 0 fully saturated rings. The van der Waals surface area contributed by atoms with Crippen molar-refractivity contribution in [2.45, 2.75) is 6.61 Å². The number of ether oxygens (including phenoxy) is 1. The van der Waals surface area contributed by atoms with E-state index < -0.39 is 5.97 Å². The van der Waals surface area contributed by atoms with Gasteiger partial charge in [-0.3, -0.25) is 0 Å². The van der Waals surface area contributed by atoms with E-state index in [9.17, 15) is 4.79 Å². The lowest BCUT2D eigenvalue weighted by Crippen LogP contribution is -2.06. The molecule has 2 aromatic heterocycles. The topological polar surface area (TPSA) is 85.5 Å². The first-order valence-corrected chi connectivity index (χ1v) is 4.47. The van der Waals surface area contributed by atoms with E-state index in [4.69, 9.17) is 14.3 Å². The van der Waals surface area contributed by atoms with Gasteiger partial charge in [0.05, 0.1) is 6.26 Å². The van der Waals surface area contributed by atoms with Crippen molar-refractivity contribution in [3.63, 3.8) is 0 Å². The predicted octanol–water partition coefficient (Wildman–Crippen LogP) is 1.35. The highest BCUT2D eigenvalue weighted by Gasteiger charge is 2.14. The molecule has 0 aromatic carbocycles. The molecule has 0 aliphatic carbocycles. The Balaban J connectivity index is 2.12. The fraction of sp³-hybridized carbons (Fsp3) is 0.100. The zero-order valence-electron chi connectivity index (χ0n) is 8.16. The minimum Gasteiger partial charge on any atom is -0.476 e. The average Bonchev–Trinajstić information content (AvgIpc) is 2.79. The summed E-state index contributed by atoms with van der Waals surface area (Å²) in [6.45, 7) is 0.117. The molecule has 0 saturated heterocycles. The van der Waals surface area contributed by atoms with Gasteiger partial charge in [-0.25, -0.2) is 14.8 Å². The second-order valence-corrected chi connectivity index (χ2v) is 2.88. The second kappa shape index (κ2) is 4.43. The Kier molecular flexibility index (Phi) is 2.81. The van der Waals surface area contributed by atoms with Crippen molar-refractivity contribution in [1.82, 2.24) is 9.97 Å². The van der Waals surface area contributed by atoms with Gasteiger partial charge in [-0.05, 0) is 12.1 Å². The highest BCUT2D eigenvalue weighted by molar-refractivity contribution is 5.87. The molecule has 6 nitrogen and oxygen atoms in total. The third kappa shape index (κ3) is 2.17. The summed E-state index contributed by atoms with van der Waals surface area (Å²) in [5.74, 6) is -0.615. The van der Waals surface area contributed by atoms with Crippen LogP contribution in [0.3, 0.4) is 0 Å². The van der Waals surface area contributed by atoms with Gasteiger partial charge in [0, 0.05) is 12.4 Å². The number of aromatic nitrogens is 2. The summed E-state index contributed by atoms with van der Waals surface area (Å²) >= 11 is 0. The van der Waals surface area contributed by atoms with Crippen LogP contribution in [0.15, 0.2) is 35.2 Å². The molecule has 0 radical (unpaired) electrons. The van der Waals surface area contributed by atoms with E-state index in [1.54, 1.807) is 12.1 Å². The highest BCUT2D eigenvalue weighted by Crippen LogP contribution is 2.13. The van der Waals surface area contributed by atoms with Gasteiger partial charge in [-0.15, -0.1) is 0 Å². The Bertz CT molecular complexity index is 481. The van der Waals surface area contributed by atoms with Crippen LogP contribution in [0.4, 0.5) is 0 Å². The summed E-state index contributed by atoms with van der Waals surface area (Å²) < 4.78 is 10.2. The first-order valence-electron chi connectivity index (χ1n) is 4.47. The van der Waals surface area contributed by atoms with Crippen LogP contribution < -0.4 is 4.74 Å². The minimum absolute atomic E-state index is 0.0219. The van der Waals surface area contributed by atoms with Gasteiger partial charge in [-0.1, -0.05) is 0 Å². The summed E-state index contributed by atoms with van der Waals surface area (Å²) in [6, 6.07) is 3.43. The van der Waals surface area contributed by atoms with Crippen LogP contribution in [0.1, 0.15) is 16.2 Å². The maximum Gasteiger partial charge on any atom is 0.360 e. The normalized spacial score (nSPS) is 10.0. The van der Waals surface area contributed by atoms with Crippen LogP contribution in [-0.2, 0) is 6.61 Å². The summed E-state index contributed by atoms with van der Waals surface area (Å²) in [5, 5.41) is 8.82. The molecular formula is C10H8N2O4. The number of aromatic carboxylic acids is 1. The average molecular weight is 220 g/mol. The van der Waals surface area contributed by atoms with Crippen molar-refractivity contribution in [2.75, 3.05) is 0 Å². The molecule has 16 heavy (non-hydrogen) atoms. The summed E-state index contributed by atoms with van der Waals surface area (Å²) in [6.07, 6.45) is 4.17. The van der Waals surface area contributed by atoms with Crippen LogP contribution in [0, 0.1) is 0 Å². The zero-order valence-corrected chi connectivity index (χ0v) is 8.16. The SMILES string of the molecule is O=C(O)c1nccnc1OCc1ccco1. The maximum absolute atomic E-state index is 10.8. The summed E-state index contributed by atoms with van der Waals surface area (Å²) in [4.78, 5) is 18.2. The van der Waals surface area contributed by atoms with Gasteiger partial charge >= 0.3 is 5.97 Å². The van der Waals surface area contributed by atoms with E-state index in [0.29, 0.717) is 5.76 Å². The first kappa shape index (κ1) is 10.2. The van der Waals surface area contributed by atoms with Crippen molar-refractivity contribution in [3.8, 4) is 5.88 Å². The Morgan fingerprint density at radius 3 is 2.94 bits per heavy atom. The number of furan rings is 1. The molecule has 1 N–H and O–H groups in total. The summed E-state index contributed by atoms with van der Waals surface area (Å²) in [7, 11) is 0. The second-order valence-electron chi connectivity index (χ2n) is 2.88. The first-order chi connectivity index (χ1) is 7.77. The quantitative estimate of drug-likeness (QED) is 0.836. The van der Waals surface area contributed by atoms with E-state index in [1.807, 2.05) is 0 Å². The molecule has 0 atom stereocenters. The molecule has 0 saturated carbocycles. The molecule has 2 aromatic rings. The van der Waals surface area contributed by atoms with Crippen molar-refractivity contribution in [2.24, 2.45) is 0 Å². The fourth-order valence-electron chi connectivity index (χ4n) is 1.11. The molecule has 0 unspecified atom stereocenters. The maximum atomic E-state index is 10.8. The van der Waals surface area contributed by atoms with Crippen LogP contribution in [-0.4, -0.2) is 21.0 Å². The molecule has 6 heteroatoms. The van der Waals surface area contributed by atoms with Crippen molar-refractivity contribution < 1.29 is 19.1 Å². The lowest BCUT2D eigenvalue weighted by molar-refractivity contribution is 0.0683. The molecule has 82 valence electrons. The number of hydrogen-bond donors (Lipinski definition) is 1. The molecule has 0 spiro atoms. The monoisotopic (exact) mass is 220 g/mol. The highest BCUT2D eigenvalue weighted by atomic mass is 16.5. The number of carboxylic acid groups (broad SMARTS) is 1. The molecule has 0 amide bonds. The molecular weight excluding hydrogens is 212 g/mol. The Morgan fingerprint density at radius 2 is 2.25 bits per heavy atom. The van der Waals surface area contributed by atoms with Gasteiger partial charge in [0.1, 0.15) is 12.4 Å². The van der Waals surface area contributed by atoms with Gasteiger partial charge in [0.2, 0.25) is 11.6 Å². The van der Waals surface area contributed by atoms with Gasteiger partial charge in [0.25, 0.3) is 0 Å². The largest absolute Gasteiger partial charge is 0.476 e. The van der Waals surface area contributed by atoms with Crippen LogP contribution in [0.2, 0.25) is 0 Å². The number of hydrogen-bond acceptors (Lipinski definition) is 5. The van der Waals surface area contributed by atoms with Gasteiger partial charge in [0.15, 0.2) is 0 Å². The lowest BCUT2D eigenvalue weighted by Gasteiger charge is -2.04. The van der Waals surface area contributed by atoms with Crippen molar-refractivity contribution in [1.29, 1.82) is 0 Å². The Hall–Kier alpha value is -2.37. The lowest BCUT2D eigenvalue weighted by atomic mass is 10.4. The predicted molar refractivity (Wildman–Crippen MR) is 52.0 cm³/mol. The Morgan fingerprint density at radius 1 is 1.44 bits per heavy atom. The molecule has 0 bridgehead atoms. The number of nitrogens with zero attached hydrogens (tertiary/aromatic N) is 2. The number of rotatable bonds is 4. The zero-order chi connectivity index (χ0) is 11.4. The van der Waals surface area contributed by atoms with E-state index in [0.717, 1.165) is 0 Å². The smallest absolute Gasteiger partial charge is 0.360 e. The van der Waals surface area contributed by atoms with E-state index in [2.05, 4.69) is 9.97 Å². The molecule has 2 heterocycles. The number of carbonyl (C=O) groups is 1. The van der Waals surface area contributed by atoms with Gasteiger partial charge in [-0.2, -0.15) is 0 Å².